The summed E-state index contributed by atoms with van der Waals surface area (Å²) in [6, 6.07) is 22.0. The smallest absolute Gasteiger partial charge is 0.276 e. The monoisotopic (exact) mass is 561 g/mol. The molecular weight excluding hydrogens is 541 g/mol. The van der Waals surface area contributed by atoms with Crippen molar-refractivity contribution in [2.24, 2.45) is 0 Å². The van der Waals surface area contributed by atoms with Crippen LogP contribution < -0.4 is 21.5 Å². The number of nitro benzene ring substituents is 1. The predicted octanol–water partition coefficient (Wildman–Crippen LogP) is 3.00. The van der Waals surface area contributed by atoms with Crippen molar-refractivity contribution >= 4 is 28.9 Å². The van der Waals surface area contributed by atoms with Crippen LogP contribution in [0, 0.1) is 10.1 Å². The Balaban J connectivity index is 0.00000324. The van der Waals surface area contributed by atoms with Gasteiger partial charge in [0, 0.05) is 16.1 Å². The quantitative estimate of drug-likeness (QED) is 0.179. The highest BCUT2D eigenvalue weighted by Crippen LogP contribution is 2.23. The first-order valence-electron chi connectivity index (χ1n) is 10.4. The summed E-state index contributed by atoms with van der Waals surface area (Å²) < 4.78 is 10.2. The zero-order valence-corrected chi connectivity index (χ0v) is 21.2. The van der Waals surface area contributed by atoms with E-state index in [1.807, 2.05) is 76.4 Å². The molecule has 4 aromatic rings. The van der Waals surface area contributed by atoms with E-state index in [1.54, 1.807) is 18.2 Å². The summed E-state index contributed by atoms with van der Waals surface area (Å²) in [4.78, 5) is 11.0. The first kappa shape index (κ1) is 25.9. The number of rotatable bonds is 9. The summed E-state index contributed by atoms with van der Waals surface area (Å²) in [5, 5.41) is 12.7. The SMILES string of the molecule is O=[N+]([O-])c1ccccc1Cn1cc[n+](CC(OCc2ccc(Cl)cc2)c2ccc(Cl)cc2)c1.[Br-]. The Morgan fingerprint density at radius 2 is 1.62 bits per heavy atom. The molecular formula is C25H22BrCl2N3O3. The van der Waals surface area contributed by atoms with Gasteiger partial charge in [-0.05, 0) is 41.5 Å². The van der Waals surface area contributed by atoms with Gasteiger partial charge in [-0.1, -0.05) is 59.6 Å². The number of nitro groups is 1. The highest BCUT2D eigenvalue weighted by molar-refractivity contribution is 6.30. The Labute approximate surface area is 218 Å². The van der Waals surface area contributed by atoms with Crippen LogP contribution in [0.4, 0.5) is 5.69 Å². The van der Waals surface area contributed by atoms with E-state index in [1.165, 1.54) is 6.07 Å². The van der Waals surface area contributed by atoms with Crippen LogP contribution >= 0.6 is 23.2 Å². The van der Waals surface area contributed by atoms with Crippen LogP contribution in [0.5, 0.6) is 0 Å². The molecule has 3 aromatic carbocycles. The number of aromatic nitrogens is 2. The molecule has 0 fully saturated rings. The van der Waals surface area contributed by atoms with Crippen LogP contribution in [0.1, 0.15) is 22.8 Å². The number of para-hydroxylation sites is 1. The molecule has 1 heterocycles. The van der Waals surface area contributed by atoms with Gasteiger partial charge in [-0.25, -0.2) is 9.13 Å². The lowest BCUT2D eigenvalue weighted by atomic mass is 10.1. The van der Waals surface area contributed by atoms with Gasteiger partial charge in [0.1, 0.15) is 31.6 Å². The maximum Gasteiger partial charge on any atom is 0.276 e. The number of imidazole rings is 1. The summed E-state index contributed by atoms with van der Waals surface area (Å²) in [6.07, 6.45) is 5.54. The second-order valence-electron chi connectivity index (χ2n) is 7.65. The summed E-state index contributed by atoms with van der Waals surface area (Å²) in [5.74, 6) is 0. The molecule has 176 valence electrons. The number of hydrogen-bond acceptors (Lipinski definition) is 3. The molecule has 1 atom stereocenters. The average Bonchev–Trinajstić information content (AvgIpc) is 3.25. The van der Waals surface area contributed by atoms with E-state index in [0.29, 0.717) is 35.3 Å². The molecule has 0 bridgehead atoms. The molecule has 0 radical (unpaired) electrons. The fourth-order valence-corrected chi connectivity index (χ4v) is 3.81. The molecule has 1 aromatic heterocycles. The van der Waals surface area contributed by atoms with Crippen LogP contribution in [0.2, 0.25) is 10.0 Å². The Morgan fingerprint density at radius 1 is 0.971 bits per heavy atom. The Hall–Kier alpha value is -2.71. The topological polar surface area (TPSA) is 61.2 Å². The Morgan fingerprint density at radius 3 is 2.29 bits per heavy atom. The molecule has 0 aliphatic heterocycles. The molecule has 0 N–H and O–H groups in total. The van der Waals surface area contributed by atoms with Gasteiger partial charge in [-0.2, -0.15) is 0 Å². The van der Waals surface area contributed by atoms with Gasteiger partial charge < -0.3 is 21.7 Å². The minimum Gasteiger partial charge on any atom is -1.00 e. The zero-order valence-electron chi connectivity index (χ0n) is 18.1. The fourth-order valence-electron chi connectivity index (χ4n) is 3.56. The average molecular weight is 563 g/mol. The van der Waals surface area contributed by atoms with Gasteiger partial charge in [-0.15, -0.1) is 0 Å². The van der Waals surface area contributed by atoms with Crippen LogP contribution in [-0.2, 0) is 24.4 Å². The number of ether oxygens (including phenoxy) is 1. The van der Waals surface area contributed by atoms with Crippen LogP contribution in [0.3, 0.4) is 0 Å². The molecule has 9 heteroatoms. The third-order valence-electron chi connectivity index (χ3n) is 5.27. The predicted molar refractivity (Wildman–Crippen MR) is 127 cm³/mol. The molecule has 0 spiro atoms. The van der Waals surface area contributed by atoms with Crippen LogP contribution in [0.25, 0.3) is 0 Å². The standard InChI is InChI=1S/C25H22Cl2N3O3.BrH/c26-22-9-5-19(6-10-22)17-33-25(20-7-11-23(27)12-8-20)16-29-14-13-28(18-29)15-21-3-1-2-4-24(21)30(31)32;/h1-14,18,25H,15-17H2;1H/q+1;/p-1. The number of nitrogens with zero attached hydrogens (tertiary/aromatic N) is 3. The number of halogens is 3. The van der Waals surface area contributed by atoms with Gasteiger partial charge in [0.2, 0.25) is 6.33 Å². The molecule has 1 unspecified atom stereocenters. The normalized spacial score (nSPS) is 11.6. The van der Waals surface area contributed by atoms with Crippen molar-refractivity contribution in [3.8, 4) is 0 Å². The van der Waals surface area contributed by atoms with Gasteiger partial charge in [0.15, 0.2) is 0 Å². The van der Waals surface area contributed by atoms with Crippen molar-refractivity contribution in [3.05, 3.63) is 128 Å². The Bertz CT molecular complexity index is 1230. The summed E-state index contributed by atoms with van der Waals surface area (Å²) in [7, 11) is 0. The highest BCUT2D eigenvalue weighted by Gasteiger charge is 2.19. The van der Waals surface area contributed by atoms with Crippen LogP contribution in [-0.4, -0.2) is 9.49 Å². The second-order valence-corrected chi connectivity index (χ2v) is 8.52. The van der Waals surface area contributed by atoms with Crippen molar-refractivity contribution in [3.63, 3.8) is 0 Å². The van der Waals surface area contributed by atoms with Gasteiger partial charge >= 0.3 is 0 Å². The first-order chi connectivity index (χ1) is 16.0. The van der Waals surface area contributed by atoms with Crippen molar-refractivity contribution in [2.75, 3.05) is 0 Å². The maximum atomic E-state index is 11.3. The molecule has 6 nitrogen and oxygen atoms in total. The molecule has 0 aliphatic rings. The summed E-state index contributed by atoms with van der Waals surface area (Å²) >= 11 is 12.1. The minimum absolute atomic E-state index is 0. The largest absolute Gasteiger partial charge is 1.00 e. The van der Waals surface area contributed by atoms with Gasteiger partial charge in [0.25, 0.3) is 5.69 Å². The zero-order chi connectivity index (χ0) is 23.2. The number of benzene rings is 3. The van der Waals surface area contributed by atoms with E-state index in [9.17, 15) is 10.1 Å². The first-order valence-corrected chi connectivity index (χ1v) is 11.1. The van der Waals surface area contributed by atoms with E-state index in [-0.39, 0.29) is 33.7 Å². The van der Waals surface area contributed by atoms with E-state index >= 15 is 0 Å². The van der Waals surface area contributed by atoms with Crippen molar-refractivity contribution in [1.29, 1.82) is 0 Å². The lowest BCUT2D eigenvalue weighted by Crippen LogP contribution is -3.00. The Kier molecular flexibility index (Phi) is 9.24. The lowest BCUT2D eigenvalue weighted by Gasteiger charge is -2.17. The third-order valence-corrected chi connectivity index (χ3v) is 5.77. The van der Waals surface area contributed by atoms with Crippen molar-refractivity contribution in [2.45, 2.75) is 25.8 Å². The van der Waals surface area contributed by atoms with Gasteiger partial charge in [0.05, 0.1) is 17.1 Å². The molecule has 0 aliphatic carbocycles. The fraction of sp³-hybridized carbons (Fsp3) is 0.160. The van der Waals surface area contributed by atoms with E-state index in [2.05, 4.69) is 0 Å². The minimum atomic E-state index is -0.353. The molecule has 0 amide bonds. The van der Waals surface area contributed by atoms with Crippen LogP contribution in [0.15, 0.2) is 91.5 Å². The van der Waals surface area contributed by atoms with Crippen molar-refractivity contribution in [1.82, 2.24) is 4.57 Å². The molecule has 4 rings (SSSR count). The maximum absolute atomic E-state index is 11.3. The molecule has 0 saturated heterocycles. The highest BCUT2D eigenvalue weighted by atomic mass is 79.9. The van der Waals surface area contributed by atoms with E-state index in [0.717, 1.165) is 11.1 Å². The summed E-state index contributed by atoms with van der Waals surface area (Å²) in [5.41, 5.74) is 2.80. The van der Waals surface area contributed by atoms with Crippen molar-refractivity contribution < 1.29 is 31.2 Å². The second kappa shape index (κ2) is 12.1. The summed E-state index contributed by atoms with van der Waals surface area (Å²) in [6.45, 7) is 1.41. The number of hydrogen-bond donors (Lipinski definition) is 0. The lowest BCUT2D eigenvalue weighted by molar-refractivity contribution is -0.704. The molecule has 34 heavy (non-hydrogen) atoms. The molecule has 0 saturated carbocycles. The van der Waals surface area contributed by atoms with Gasteiger partial charge in [-0.3, -0.25) is 10.1 Å². The van der Waals surface area contributed by atoms with E-state index < -0.39 is 0 Å². The van der Waals surface area contributed by atoms with E-state index in [4.69, 9.17) is 27.9 Å². The third kappa shape index (κ3) is 6.90.